The van der Waals surface area contributed by atoms with Crippen molar-refractivity contribution in [2.24, 2.45) is 4.99 Å². The molecule has 0 bridgehead atoms. The third-order valence-electron chi connectivity index (χ3n) is 4.59. The molecule has 2 aromatic rings. The molecule has 3 N–H and O–H groups in total. The number of amides is 1. The fourth-order valence-corrected chi connectivity index (χ4v) is 3.52. The van der Waals surface area contributed by atoms with Gasteiger partial charge in [0.1, 0.15) is 5.75 Å². The molecule has 8 heteroatoms. The van der Waals surface area contributed by atoms with Crippen molar-refractivity contribution in [1.29, 1.82) is 0 Å². The summed E-state index contributed by atoms with van der Waals surface area (Å²) >= 11 is 1.68. The summed E-state index contributed by atoms with van der Waals surface area (Å²) in [6, 6.07) is 8.25. The fraction of sp³-hybridized carbons (Fsp3) is 0.500. The molecule has 1 heterocycles. The lowest BCUT2D eigenvalue weighted by Gasteiger charge is -2.11. The average molecular weight is 430 g/mol. The van der Waals surface area contributed by atoms with Crippen molar-refractivity contribution in [2.75, 3.05) is 26.2 Å². The van der Waals surface area contributed by atoms with Crippen molar-refractivity contribution in [3.8, 4) is 5.75 Å². The monoisotopic (exact) mass is 429 g/mol. The highest BCUT2D eigenvalue weighted by molar-refractivity contribution is 7.09. The molecule has 0 saturated heterocycles. The minimum absolute atomic E-state index is 0.0501. The van der Waals surface area contributed by atoms with Gasteiger partial charge in [0.15, 0.2) is 12.6 Å². The summed E-state index contributed by atoms with van der Waals surface area (Å²) in [5, 5.41) is 12.8. The van der Waals surface area contributed by atoms with Crippen LogP contribution < -0.4 is 20.7 Å². The molecule has 7 nitrogen and oxygen atoms in total. The van der Waals surface area contributed by atoms with Crippen molar-refractivity contribution in [2.45, 2.75) is 45.6 Å². The molecule has 0 aliphatic heterocycles. The van der Waals surface area contributed by atoms with E-state index in [4.69, 9.17) is 4.74 Å². The molecule has 1 amide bonds. The Morgan fingerprint density at radius 2 is 2.03 bits per heavy atom. The maximum Gasteiger partial charge on any atom is 0.258 e. The lowest BCUT2D eigenvalue weighted by Crippen LogP contribution is -2.38. The van der Waals surface area contributed by atoms with Crippen LogP contribution in [0.3, 0.4) is 0 Å². The second kappa shape index (κ2) is 11.5. The van der Waals surface area contributed by atoms with Gasteiger partial charge in [0.25, 0.3) is 5.91 Å². The highest BCUT2D eigenvalue weighted by Crippen LogP contribution is 2.18. The van der Waals surface area contributed by atoms with E-state index in [-0.39, 0.29) is 12.5 Å². The van der Waals surface area contributed by atoms with E-state index in [1.165, 1.54) is 5.56 Å². The van der Waals surface area contributed by atoms with Gasteiger partial charge in [0.05, 0.1) is 10.7 Å². The molecule has 1 aliphatic rings. The van der Waals surface area contributed by atoms with Gasteiger partial charge in [-0.3, -0.25) is 9.79 Å². The minimum Gasteiger partial charge on any atom is -0.484 e. The lowest BCUT2D eigenvalue weighted by atomic mass is 10.1. The van der Waals surface area contributed by atoms with Crippen LogP contribution in [0.2, 0.25) is 0 Å². The second-order valence-corrected chi connectivity index (χ2v) is 8.38. The second-order valence-electron chi connectivity index (χ2n) is 7.32. The molecule has 1 aromatic carbocycles. The van der Waals surface area contributed by atoms with Crippen LogP contribution in [0.5, 0.6) is 5.75 Å². The number of hydrogen-bond donors (Lipinski definition) is 3. The number of aliphatic imine (C=N–C) groups is 1. The summed E-state index contributed by atoms with van der Waals surface area (Å²) in [5.74, 6) is 1.49. The molecule has 3 rings (SSSR count). The smallest absolute Gasteiger partial charge is 0.258 e. The number of aromatic nitrogens is 1. The predicted molar refractivity (Wildman–Crippen MR) is 121 cm³/mol. The van der Waals surface area contributed by atoms with Crippen molar-refractivity contribution < 1.29 is 9.53 Å². The van der Waals surface area contributed by atoms with Crippen LogP contribution >= 0.6 is 11.3 Å². The molecule has 0 spiro atoms. The number of carbonyl (C=O) groups is 1. The molecule has 1 saturated carbocycles. The zero-order valence-corrected chi connectivity index (χ0v) is 18.6. The third-order valence-corrected chi connectivity index (χ3v) is 5.41. The average Bonchev–Trinajstić information content (AvgIpc) is 3.45. The van der Waals surface area contributed by atoms with Crippen molar-refractivity contribution >= 4 is 23.2 Å². The van der Waals surface area contributed by atoms with Gasteiger partial charge in [0.2, 0.25) is 0 Å². The number of benzene rings is 1. The Kier molecular flexibility index (Phi) is 8.50. The Bertz CT molecular complexity index is 830. The lowest BCUT2D eigenvalue weighted by molar-refractivity contribution is -0.123. The number of ether oxygens (including phenoxy) is 1. The first-order chi connectivity index (χ1) is 14.6. The number of rotatable bonds is 11. The number of aryl methyl sites for hydroxylation is 1. The number of nitrogens with one attached hydrogen (secondary N) is 3. The van der Waals surface area contributed by atoms with E-state index in [0.29, 0.717) is 18.3 Å². The van der Waals surface area contributed by atoms with E-state index in [1.54, 1.807) is 11.3 Å². The predicted octanol–water partition coefficient (Wildman–Crippen LogP) is 2.45. The highest BCUT2D eigenvalue weighted by atomic mass is 32.1. The Balaban J connectivity index is 1.37. The van der Waals surface area contributed by atoms with Gasteiger partial charge in [0, 0.05) is 37.5 Å². The largest absolute Gasteiger partial charge is 0.484 e. The van der Waals surface area contributed by atoms with E-state index in [0.717, 1.165) is 55.4 Å². The normalized spacial score (nSPS) is 13.7. The molecule has 0 radical (unpaired) electrons. The molecule has 162 valence electrons. The number of nitrogens with zero attached hydrogens (tertiary/aromatic N) is 2. The molecule has 0 atom stereocenters. The maximum atomic E-state index is 11.7. The van der Waals surface area contributed by atoms with Crippen LogP contribution in [0, 0.1) is 6.92 Å². The summed E-state index contributed by atoms with van der Waals surface area (Å²) in [4.78, 5) is 20.8. The van der Waals surface area contributed by atoms with E-state index >= 15 is 0 Å². The number of guanidine groups is 1. The van der Waals surface area contributed by atoms with Crippen LogP contribution in [-0.4, -0.2) is 49.1 Å². The van der Waals surface area contributed by atoms with E-state index in [1.807, 2.05) is 31.2 Å². The highest BCUT2D eigenvalue weighted by Gasteiger charge is 2.23. The molecular weight excluding hydrogens is 398 g/mol. The quantitative estimate of drug-likeness (QED) is 0.377. The van der Waals surface area contributed by atoms with Crippen LogP contribution in [0.25, 0.3) is 0 Å². The Hall–Kier alpha value is -2.61. The molecule has 0 unspecified atom stereocenters. The van der Waals surface area contributed by atoms with Gasteiger partial charge in [-0.1, -0.05) is 12.1 Å². The van der Waals surface area contributed by atoms with Crippen molar-refractivity contribution in [1.82, 2.24) is 20.9 Å². The molecular formula is C22H31N5O2S. The Morgan fingerprint density at radius 3 is 2.70 bits per heavy atom. The fourth-order valence-electron chi connectivity index (χ4n) is 2.87. The zero-order chi connectivity index (χ0) is 21.2. The summed E-state index contributed by atoms with van der Waals surface area (Å²) in [5.41, 5.74) is 2.30. The van der Waals surface area contributed by atoms with Crippen LogP contribution in [0.15, 0.2) is 34.6 Å². The van der Waals surface area contributed by atoms with Gasteiger partial charge >= 0.3 is 0 Å². The standard InChI is InChI=1S/C22H31N5O2S/c1-3-23-22(25-13-11-19-15-30-16(2)26-19)24-12-10-17-4-8-20(9-5-17)29-14-21(28)27-18-6-7-18/h4-5,8-9,15,18H,3,6-7,10-14H2,1-2H3,(H,27,28)(H2,23,24,25). The Morgan fingerprint density at radius 1 is 1.23 bits per heavy atom. The number of thiazole rings is 1. The van der Waals surface area contributed by atoms with Gasteiger partial charge in [-0.05, 0) is 50.8 Å². The van der Waals surface area contributed by atoms with E-state index < -0.39 is 0 Å². The summed E-state index contributed by atoms with van der Waals surface area (Å²) < 4.78 is 5.55. The van der Waals surface area contributed by atoms with Crippen LogP contribution in [0.4, 0.5) is 0 Å². The van der Waals surface area contributed by atoms with Gasteiger partial charge in [-0.15, -0.1) is 11.3 Å². The molecule has 1 aromatic heterocycles. The van der Waals surface area contributed by atoms with Gasteiger partial charge in [-0.2, -0.15) is 0 Å². The van der Waals surface area contributed by atoms with Crippen LogP contribution in [-0.2, 0) is 17.6 Å². The molecule has 1 aliphatic carbocycles. The first kappa shape index (κ1) is 22.1. The van der Waals surface area contributed by atoms with Gasteiger partial charge < -0.3 is 20.7 Å². The summed E-state index contributed by atoms with van der Waals surface area (Å²) in [7, 11) is 0. The SMILES string of the molecule is CCNC(=NCCc1csc(C)n1)NCCc1ccc(OCC(=O)NC2CC2)cc1. The third kappa shape index (κ3) is 8.02. The van der Waals surface area contributed by atoms with Crippen molar-refractivity contribution in [3.63, 3.8) is 0 Å². The number of hydrogen-bond acceptors (Lipinski definition) is 5. The van der Waals surface area contributed by atoms with E-state index in [9.17, 15) is 4.79 Å². The first-order valence-electron chi connectivity index (χ1n) is 10.6. The summed E-state index contributed by atoms with van der Waals surface area (Å²) in [6.45, 7) is 6.46. The Labute approximate surface area is 182 Å². The van der Waals surface area contributed by atoms with E-state index in [2.05, 4.69) is 38.2 Å². The zero-order valence-electron chi connectivity index (χ0n) is 17.7. The van der Waals surface area contributed by atoms with Crippen molar-refractivity contribution in [3.05, 3.63) is 45.9 Å². The number of carbonyl (C=O) groups excluding carboxylic acids is 1. The minimum atomic E-state index is -0.0501. The molecule has 30 heavy (non-hydrogen) atoms. The summed E-state index contributed by atoms with van der Waals surface area (Å²) in [6.07, 6.45) is 3.89. The van der Waals surface area contributed by atoms with Crippen LogP contribution in [0.1, 0.15) is 36.0 Å². The topological polar surface area (TPSA) is 87.6 Å². The van der Waals surface area contributed by atoms with Gasteiger partial charge in [-0.25, -0.2) is 4.98 Å². The molecule has 1 fully saturated rings. The maximum absolute atomic E-state index is 11.7. The first-order valence-corrected chi connectivity index (χ1v) is 11.4.